The van der Waals surface area contributed by atoms with E-state index >= 15 is 0 Å². The molecule has 0 amide bonds. The fourth-order valence-electron chi connectivity index (χ4n) is 0.923. The van der Waals surface area contributed by atoms with Gasteiger partial charge in [-0.2, -0.15) is 0 Å². The summed E-state index contributed by atoms with van der Waals surface area (Å²) < 4.78 is 5.44. The first kappa shape index (κ1) is 15.5. The monoisotopic (exact) mass is 250 g/mol. The molecular formula is C15H19ClO. The van der Waals surface area contributed by atoms with Crippen LogP contribution in [0.5, 0.6) is 5.75 Å². The van der Waals surface area contributed by atoms with Gasteiger partial charge in [0.1, 0.15) is 11.5 Å². The van der Waals surface area contributed by atoms with Crippen molar-refractivity contribution in [1.82, 2.24) is 0 Å². The minimum Gasteiger partial charge on any atom is -0.458 e. The molecule has 0 N–H and O–H groups in total. The largest absolute Gasteiger partial charge is 0.458 e. The number of ether oxygens (including phenoxy) is 1. The maximum atomic E-state index is 5.75. The first-order chi connectivity index (χ1) is 8.08. The van der Waals surface area contributed by atoms with Crippen molar-refractivity contribution in [2.75, 3.05) is 0 Å². The minimum atomic E-state index is 0.570. The van der Waals surface area contributed by atoms with Gasteiger partial charge in [0.15, 0.2) is 0 Å². The van der Waals surface area contributed by atoms with E-state index in [1.54, 1.807) is 30.3 Å². The van der Waals surface area contributed by atoms with Crippen LogP contribution in [0.15, 0.2) is 60.9 Å². The molecule has 1 nitrogen and oxygen atoms in total. The Morgan fingerprint density at radius 1 is 1.12 bits per heavy atom. The molecule has 0 aliphatic heterocycles. The van der Waals surface area contributed by atoms with Crippen LogP contribution < -0.4 is 4.74 Å². The smallest absolute Gasteiger partial charge is 0.127 e. The van der Waals surface area contributed by atoms with Crippen molar-refractivity contribution in [3.63, 3.8) is 0 Å². The molecule has 0 aromatic heterocycles. The lowest BCUT2D eigenvalue weighted by molar-refractivity contribution is 0.447. The van der Waals surface area contributed by atoms with E-state index in [0.29, 0.717) is 10.8 Å². The molecule has 0 spiro atoms. The summed E-state index contributed by atoms with van der Waals surface area (Å²) in [7, 11) is 0. The van der Waals surface area contributed by atoms with Gasteiger partial charge >= 0.3 is 0 Å². The molecule has 1 aromatic rings. The number of rotatable bonds is 4. The van der Waals surface area contributed by atoms with Gasteiger partial charge < -0.3 is 4.74 Å². The van der Waals surface area contributed by atoms with Crippen molar-refractivity contribution in [3.8, 4) is 5.75 Å². The predicted octanol–water partition coefficient (Wildman–Crippen LogP) is 5.39. The summed E-state index contributed by atoms with van der Waals surface area (Å²) in [6, 6.07) is 7.13. The second-order valence-electron chi connectivity index (χ2n) is 3.20. The molecule has 0 atom stereocenters. The Hall–Kier alpha value is -1.47. The minimum absolute atomic E-state index is 0.570. The van der Waals surface area contributed by atoms with E-state index in [9.17, 15) is 0 Å². The van der Waals surface area contributed by atoms with Crippen LogP contribution in [-0.2, 0) is 0 Å². The average Bonchev–Trinajstić information content (AvgIpc) is 2.32. The Kier molecular flexibility index (Phi) is 7.91. The summed E-state index contributed by atoms with van der Waals surface area (Å²) in [6.45, 7) is 13.4. The molecule has 2 heteroatoms. The lowest BCUT2D eigenvalue weighted by atomic mass is 10.3. The van der Waals surface area contributed by atoms with Crippen molar-refractivity contribution in [3.05, 3.63) is 65.9 Å². The quantitative estimate of drug-likeness (QED) is 0.514. The number of hydrogen-bond donors (Lipinski definition) is 0. The zero-order valence-corrected chi connectivity index (χ0v) is 11.4. The Bertz CT molecular complexity index is 388. The lowest BCUT2D eigenvalue weighted by Gasteiger charge is -2.04. The number of benzene rings is 1. The maximum Gasteiger partial charge on any atom is 0.127 e. The Morgan fingerprint density at radius 3 is 2.12 bits per heavy atom. The van der Waals surface area contributed by atoms with Gasteiger partial charge in [-0.05, 0) is 37.3 Å². The molecule has 0 heterocycles. The zero-order chi connectivity index (χ0) is 13.3. The van der Waals surface area contributed by atoms with Crippen molar-refractivity contribution in [2.45, 2.75) is 20.8 Å². The second kappa shape index (κ2) is 8.66. The fourth-order valence-corrected chi connectivity index (χ4v) is 1.05. The SMILES string of the molecule is C=C(C)/C=C\C(=C)Oc1ccc(Cl)cc1.CC. The third-order valence-electron chi connectivity index (χ3n) is 1.62. The first-order valence-electron chi connectivity index (χ1n) is 5.54. The topological polar surface area (TPSA) is 9.23 Å². The lowest BCUT2D eigenvalue weighted by Crippen LogP contribution is -1.89. The molecule has 0 saturated heterocycles. The highest BCUT2D eigenvalue weighted by molar-refractivity contribution is 6.30. The average molecular weight is 251 g/mol. The van der Waals surface area contributed by atoms with Crippen LogP contribution in [-0.4, -0.2) is 0 Å². The Morgan fingerprint density at radius 2 is 1.65 bits per heavy atom. The summed E-state index contributed by atoms with van der Waals surface area (Å²) in [6.07, 6.45) is 3.62. The van der Waals surface area contributed by atoms with Gasteiger partial charge in [0.25, 0.3) is 0 Å². The van der Waals surface area contributed by atoms with Crippen LogP contribution >= 0.6 is 11.6 Å². The van der Waals surface area contributed by atoms with E-state index in [1.165, 1.54) is 0 Å². The van der Waals surface area contributed by atoms with Gasteiger partial charge in [-0.15, -0.1) is 0 Å². The summed E-state index contributed by atoms with van der Waals surface area (Å²) in [5.74, 6) is 1.29. The van der Waals surface area contributed by atoms with Crippen molar-refractivity contribution in [1.29, 1.82) is 0 Å². The summed E-state index contributed by atoms with van der Waals surface area (Å²) in [4.78, 5) is 0. The molecule has 0 saturated carbocycles. The van der Waals surface area contributed by atoms with E-state index in [1.807, 2.05) is 26.8 Å². The third-order valence-corrected chi connectivity index (χ3v) is 1.87. The molecule has 0 bridgehead atoms. The van der Waals surface area contributed by atoms with E-state index in [2.05, 4.69) is 13.2 Å². The van der Waals surface area contributed by atoms with Gasteiger partial charge in [0, 0.05) is 5.02 Å². The van der Waals surface area contributed by atoms with Crippen LogP contribution in [0.1, 0.15) is 20.8 Å². The molecule has 0 fully saturated rings. The third kappa shape index (κ3) is 7.42. The number of halogens is 1. The van der Waals surface area contributed by atoms with Crippen LogP contribution in [0.25, 0.3) is 0 Å². The normalized spacial score (nSPS) is 9.41. The molecule has 0 unspecified atom stereocenters. The first-order valence-corrected chi connectivity index (χ1v) is 5.91. The van der Waals surface area contributed by atoms with E-state index in [4.69, 9.17) is 16.3 Å². The maximum absolute atomic E-state index is 5.75. The van der Waals surface area contributed by atoms with Crippen molar-refractivity contribution < 1.29 is 4.74 Å². The van der Waals surface area contributed by atoms with Crippen LogP contribution in [0, 0.1) is 0 Å². The summed E-state index contributed by atoms with van der Waals surface area (Å²) in [5, 5.41) is 0.686. The summed E-state index contributed by atoms with van der Waals surface area (Å²) >= 11 is 5.75. The molecule has 1 rings (SSSR count). The predicted molar refractivity (Wildman–Crippen MR) is 76.5 cm³/mol. The molecule has 0 aliphatic rings. The van der Waals surface area contributed by atoms with Crippen molar-refractivity contribution in [2.24, 2.45) is 0 Å². The highest BCUT2D eigenvalue weighted by Crippen LogP contribution is 2.17. The molecular weight excluding hydrogens is 232 g/mol. The van der Waals surface area contributed by atoms with Gasteiger partial charge in [0.05, 0.1) is 0 Å². The Balaban J connectivity index is 0.00000121. The second-order valence-corrected chi connectivity index (χ2v) is 3.64. The number of hydrogen-bond acceptors (Lipinski definition) is 1. The van der Waals surface area contributed by atoms with E-state index < -0.39 is 0 Å². The van der Waals surface area contributed by atoms with E-state index in [-0.39, 0.29) is 0 Å². The van der Waals surface area contributed by atoms with Gasteiger partial charge in [-0.3, -0.25) is 0 Å². The summed E-state index contributed by atoms with van der Waals surface area (Å²) in [5.41, 5.74) is 0.954. The van der Waals surface area contributed by atoms with Crippen LogP contribution in [0.2, 0.25) is 5.02 Å². The Labute approximate surface area is 109 Å². The van der Waals surface area contributed by atoms with Crippen molar-refractivity contribution >= 4 is 11.6 Å². The van der Waals surface area contributed by atoms with Gasteiger partial charge in [-0.1, -0.05) is 50.3 Å². The van der Waals surface area contributed by atoms with Gasteiger partial charge in [-0.25, -0.2) is 0 Å². The zero-order valence-electron chi connectivity index (χ0n) is 10.7. The fraction of sp³-hybridized carbons (Fsp3) is 0.200. The molecule has 1 aromatic carbocycles. The number of allylic oxidation sites excluding steroid dienone is 3. The highest BCUT2D eigenvalue weighted by atomic mass is 35.5. The molecule has 0 radical (unpaired) electrons. The van der Waals surface area contributed by atoms with Gasteiger partial charge in [0.2, 0.25) is 0 Å². The van der Waals surface area contributed by atoms with Crippen LogP contribution in [0.4, 0.5) is 0 Å². The molecule has 0 aliphatic carbocycles. The standard InChI is InChI=1S/C13H13ClO.C2H6/c1-10(2)4-5-11(3)15-13-8-6-12(14)7-9-13;1-2/h4-9H,1,3H2,2H3;1-2H3/b5-4-;. The highest BCUT2D eigenvalue weighted by Gasteiger charge is 1.94. The van der Waals surface area contributed by atoms with Crippen LogP contribution in [0.3, 0.4) is 0 Å². The molecule has 92 valence electrons. The molecule has 17 heavy (non-hydrogen) atoms. The van der Waals surface area contributed by atoms with E-state index in [0.717, 1.165) is 11.3 Å².